The summed E-state index contributed by atoms with van der Waals surface area (Å²) in [6.45, 7) is 0. The van der Waals surface area contributed by atoms with E-state index in [4.69, 9.17) is 9.47 Å². The Kier molecular flexibility index (Phi) is 4.22. The molecule has 0 aliphatic rings. The van der Waals surface area contributed by atoms with Gasteiger partial charge in [0.2, 0.25) is 0 Å². The quantitative estimate of drug-likeness (QED) is 0.889. The number of rotatable bonds is 4. The number of methoxy groups -OCH3 is 2. The SMILES string of the molecule is CNC(c1c(OC)cccc1OC)C(F)(F)F. The fraction of sp³-hybridized carbons (Fsp3) is 0.455. The van der Waals surface area contributed by atoms with Gasteiger partial charge in [0.15, 0.2) is 0 Å². The fourth-order valence-electron chi connectivity index (χ4n) is 1.64. The standard InChI is InChI=1S/C11H14F3NO2/c1-15-10(11(12,13)14)9-7(16-2)5-4-6-8(9)17-3/h4-6,10,15H,1-3H3. The van der Waals surface area contributed by atoms with Gasteiger partial charge < -0.3 is 14.8 Å². The molecule has 1 aromatic rings. The first-order valence-electron chi connectivity index (χ1n) is 4.90. The Bertz CT molecular complexity index is 357. The summed E-state index contributed by atoms with van der Waals surface area (Å²) in [5.74, 6) is 0.280. The molecule has 1 rings (SSSR count). The molecule has 0 fully saturated rings. The molecule has 1 N–H and O–H groups in total. The fourth-order valence-corrected chi connectivity index (χ4v) is 1.64. The zero-order valence-corrected chi connectivity index (χ0v) is 9.76. The van der Waals surface area contributed by atoms with E-state index >= 15 is 0 Å². The van der Waals surface area contributed by atoms with Gasteiger partial charge in [-0.2, -0.15) is 13.2 Å². The van der Waals surface area contributed by atoms with Crippen LogP contribution in [0.25, 0.3) is 0 Å². The van der Waals surface area contributed by atoms with Crippen molar-refractivity contribution in [3.8, 4) is 11.5 Å². The van der Waals surface area contributed by atoms with Crippen LogP contribution in [0.5, 0.6) is 11.5 Å². The maximum atomic E-state index is 12.9. The number of nitrogens with one attached hydrogen (secondary N) is 1. The van der Waals surface area contributed by atoms with E-state index in [0.717, 1.165) is 0 Å². The Morgan fingerprint density at radius 2 is 1.59 bits per heavy atom. The van der Waals surface area contributed by atoms with Gasteiger partial charge in [-0.15, -0.1) is 0 Å². The van der Waals surface area contributed by atoms with E-state index in [1.165, 1.54) is 33.4 Å². The second kappa shape index (κ2) is 5.27. The first-order chi connectivity index (χ1) is 7.95. The molecule has 0 aliphatic heterocycles. The number of alkyl halides is 3. The third-order valence-electron chi connectivity index (χ3n) is 2.37. The number of ether oxygens (including phenoxy) is 2. The molecule has 0 saturated carbocycles. The molecule has 96 valence electrons. The average Bonchev–Trinajstić information content (AvgIpc) is 2.28. The molecular weight excluding hydrogens is 235 g/mol. The first kappa shape index (κ1) is 13.6. The number of hydrogen-bond donors (Lipinski definition) is 1. The van der Waals surface area contributed by atoms with E-state index in [0.29, 0.717) is 0 Å². The molecule has 3 nitrogen and oxygen atoms in total. The van der Waals surface area contributed by atoms with Gasteiger partial charge in [0.25, 0.3) is 0 Å². The maximum Gasteiger partial charge on any atom is 0.408 e. The highest BCUT2D eigenvalue weighted by molar-refractivity contribution is 5.47. The Morgan fingerprint density at radius 3 is 1.88 bits per heavy atom. The van der Waals surface area contributed by atoms with Crippen LogP contribution in [0.15, 0.2) is 18.2 Å². The van der Waals surface area contributed by atoms with E-state index in [1.54, 1.807) is 6.07 Å². The van der Waals surface area contributed by atoms with Crippen LogP contribution >= 0.6 is 0 Å². The van der Waals surface area contributed by atoms with Crippen LogP contribution in [-0.2, 0) is 0 Å². The van der Waals surface area contributed by atoms with Crippen LogP contribution in [-0.4, -0.2) is 27.4 Å². The lowest BCUT2D eigenvalue weighted by Crippen LogP contribution is -2.32. The van der Waals surface area contributed by atoms with Crippen LogP contribution in [0.2, 0.25) is 0 Å². The summed E-state index contributed by atoms with van der Waals surface area (Å²) in [5.41, 5.74) is -0.0486. The van der Waals surface area contributed by atoms with Crippen molar-refractivity contribution in [1.82, 2.24) is 5.32 Å². The molecule has 1 atom stereocenters. The van der Waals surface area contributed by atoms with Crippen molar-refractivity contribution in [3.63, 3.8) is 0 Å². The van der Waals surface area contributed by atoms with Crippen molar-refractivity contribution in [1.29, 1.82) is 0 Å². The van der Waals surface area contributed by atoms with Gasteiger partial charge in [-0.1, -0.05) is 6.07 Å². The normalized spacial score (nSPS) is 13.3. The molecule has 0 amide bonds. The van der Waals surface area contributed by atoms with Crippen molar-refractivity contribution in [2.45, 2.75) is 12.2 Å². The summed E-state index contributed by atoms with van der Waals surface area (Å²) in [6.07, 6.45) is -4.42. The van der Waals surface area contributed by atoms with Gasteiger partial charge in [0.05, 0.1) is 19.8 Å². The first-order valence-corrected chi connectivity index (χ1v) is 4.90. The lowest BCUT2D eigenvalue weighted by Gasteiger charge is -2.23. The molecule has 1 aromatic carbocycles. The number of benzene rings is 1. The van der Waals surface area contributed by atoms with Crippen LogP contribution in [0.3, 0.4) is 0 Å². The molecular formula is C11H14F3NO2. The van der Waals surface area contributed by atoms with E-state index in [9.17, 15) is 13.2 Å². The zero-order chi connectivity index (χ0) is 13.1. The van der Waals surface area contributed by atoms with E-state index in [1.807, 2.05) is 0 Å². The van der Waals surface area contributed by atoms with Crippen molar-refractivity contribution in [2.75, 3.05) is 21.3 Å². The average molecular weight is 249 g/mol. The van der Waals surface area contributed by atoms with Crippen LogP contribution in [0.4, 0.5) is 13.2 Å². The highest BCUT2D eigenvalue weighted by Crippen LogP contribution is 2.41. The Morgan fingerprint density at radius 1 is 1.12 bits per heavy atom. The van der Waals surface area contributed by atoms with Gasteiger partial charge >= 0.3 is 6.18 Å². The Labute approximate surface area is 97.5 Å². The van der Waals surface area contributed by atoms with Crippen molar-refractivity contribution in [2.24, 2.45) is 0 Å². The van der Waals surface area contributed by atoms with Gasteiger partial charge in [0.1, 0.15) is 17.5 Å². The summed E-state index contributed by atoms with van der Waals surface area (Å²) in [4.78, 5) is 0. The summed E-state index contributed by atoms with van der Waals surface area (Å²) >= 11 is 0. The zero-order valence-electron chi connectivity index (χ0n) is 9.76. The maximum absolute atomic E-state index is 12.9. The Balaban J connectivity index is 3.34. The monoisotopic (exact) mass is 249 g/mol. The van der Waals surface area contributed by atoms with E-state index < -0.39 is 12.2 Å². The summed E-state index contributed by atoms with van der Waals surface area (Å²) in [6, 6.07) is 2.68. The van der Waals surface area contributed by atoms with Crippen LogP contribution in [0, 0.1) is 0 Å². The highest BCUT2D eigenvalue weighted by atomic mass is 19.4. The molecule has 0 aromatic heterocycles. The second-order valence-electron chi connectivity index (χ2n) is 3.34. The minimum atomic E-state index is -4.42. The van der Waals surface area contributed by atoms with E-state index in [-0.39, 0.29) is 17.1 Å². The molecule has 0 bridgehead atoms. The summed E-state index contributed by atoms with van der Waals surface area (Å²) in [7, 11) is 3.88. The number of halogens is 3. The lowest BCUT2D eigenvalue weighted by atomic mass is 10.0. The Hall–Kier alpha value is -1.43. The number of hydrogen-bond acceptors (Lipinski definition) is 3. The van der Waals surface area contributed by atoms with Gasteiger partial charge in [0, 0.05) is 0 Å². The van der Waals surface area contributed by atoms with Crippen molar-refractivity contribution >= 4 is 0 Å². The molecule has 0 spiro atoms. The molecule has 0 aliphatic carbocycles. The minimum absolute atomic E-state index is 0.0486. The second-order valence-corrected chi connectivity index (χ2v) is 3.34. The predicted octanol–water partition coefficient (Wildman–Crippen LogP) is 2.53. The molecule has 6 heteroatoms. The molecule has 0 saturated heterocycles. The van der Waals surface area contributed by atoms with Crippen molar-refractivity contribution in [3.05, 3.63) is 23.8 Å². The third-order valence-corrected chi connectivity index (χ3v) is 2.37. The third kappa shape index (κ3) is 2.82. The van der Waals surface area contributed by atoms with Gasteiger partial charge in [-0.3, -0.25) is 0 Å². The summed E-state index contributed by atoms with van der Waals surface area (Å²) < 4.78 is 48.5. The largest absolute Gasteiger partial charge is 0.496 e. The van der Waals surface area contributed by atoms with Gasteiger partial charge in [-0.05, 0) is 19.2 Å². The minimum Gasteiger partial charge on any atom is -0.496 e. The molecule has 1 unspecified atom stereocenters. The highest BCUT2D eigenvalue weighted by Gasteiger charge is 2.42. The van der Waals surface area contributed by atoms with Gasteiger partial charge in [-0.25, -0.2) is 0 Å². The molecule has 0 radical (unpaired) electrons. The predicted molar refractivity (Wildman–Crippen MR) is 57.4 cm³/mol. The molecule has 17 heavy (non-hydrogen) atoms. The van der Waals surface area contributed by atoms with Crippen LogP contribution < -0.4 is 14.8 Å². The topological polar surface area (TPSA) is 30.5 Å². The smallest absolute Gasteiger partial charge is 0.408 e. The van der Waals surface area contributed by atoms with E-state index in [2.05, 4.69) is 5.32 Å². The summed E-state index contributed by atoms with van der Waals surface area (Å²) in [5, 5.41) is 2.22. The van der Waals surface area contributed by atoms with Crippen LogP contribution in [0.1, 0.15) is 11.6 Å². The molecule has 0 heterocycles. The van der Waals surface area contributed by atoms with Crippen molar-refractivity contribution < 1.29 is 22.6 Å². The lowest BCUT2D eigenvalue weighted by molar-refractivity contribution is -0.156.